The highest BCUT2D eigenvalue weighted by molar-refractivity contribution is 7.92. The Bertz CT molecular complexity index is 907. The smallest absolute Gasteiger partial charge is 0.260 e. The molecule has 0 atom stereocenters. The molecule has 1 N–H and O–H groups in total. The van der Waals surface area contributed by atoms with Crippen molar-refractivity contribution in [1.82, 2.24) is 5.43 Å². The molecule has 9 heteroatoms. The Labute approximate surface area is 156 Å². The van der Waals surface area contributed by atoms with Crippen LogP contribution in [0, 0.1) is 13.8 Å². The second-order valence-electron chi connectivity index (χ2n) is 5.41. The van der Waals surface area contributed by atoms with Crippen LogP contribution >= 0.6 is 22.9 Å². The Morgan fingerprint density at radius 1 is 1.36 bits per heavy atom. The molecule has 6 nitrogen and oxygen atoms in total. The van der Waals surface area contributed by atoms with Gasteiger partial charge in [0.05, 0.1) is 18.2 Å². The quantitative estimate of drug-likeness (QED) is 0.599. The second kappa shape index (κ2) is 7.99. The number of hydrogen-bond donors (Lipinski definition) is 1. The summed E-state index contributed by atoms with van der Waals surface area (Å²) in [6.07, 6.45) is 2.58. The van der Waals surface area contributed by atoms with Crippen molar-refractivity contribution < 1.29 is 13.2 Å². The number of hydrazone groups is 1. The number of sulfonamides is 1. The number of anilines is 1. The molecule has 0 aliphatic rings. The molecule has 2 aromatic rings. The van der Waals surface area contributed by atoms with Gasteiger partial charge in [-0.2, -0.15) is 5.10 Å². The van der Waals surface area contributed by atoms with Crippen LogP contribution in [0.15, 0.2) is 34.7 Å². The third kappa shape index (κ3) is 5.04. The van der Waals surface area contributed by atoms with E-state index in [1.54, 1.807) is 25.1 Å². The van der Waals surface area contributed by atoms with Gasteiger partial charge in [-0.1, -0.05) is 17.7 Å². The Morgan fingerprint density at radius 2 is 2.08 bits per heavy atom. The first kappa shape index (κ1) is 19.4. The molecule has 0 spiro atoms. The summed E-state index contributed by atoms with van der Waals surface area (Å²) in [6.45, 7) is 3.25. The van der Waals surface area contributed by atoms with E-state index in [0.29, 0.717) is 16.3 Å². The highest BCUT2D eigenvalue weighted by atomic mass is 35.5. The van der Waals surface area contributed by atoms with E-state index in [2.05, 4.69) is 10.5 Å². The fourth-order valence-corrected chi connectivity index (χ4v) is 3.96. The van der Waals surface area contributed by atoms with E-state index in [1.165, 1.54) is 17.6 Å². The molecule has 1 aromatic carbocycles. The molecular weight excluding hydrogens is 382 g/mol. The molecular formula is C16H18ClN3O3S2. The molecule has 1 amide bonds. The van der Waals surface area contributed by atoms with E-state index in [4.69, 9.17) is 11.6 Å². The predicted molar refractivity (Wildman–Crippen MR) is 103 cm³/mol. The number of carbonyl (C=O) groups is 1. The lowest BCUT2D eigenvalue weighted by atomic mass is 10.2. The van der Waals surface area contributed by atoms with Crippen molar-refractivity contribution in [1.29, 1.82) is 0 Å². The van der Waals surface area contributed by atoms with Gasteiger partial charge < -0.3 is 0 Å². The van der Waals surface area contributed by atoms with Crippen molar-refractivity contribution in [3.05, 3.63) is 50.7 Å². The monoisotopic (exact) mass is 399 g/mol. The van der Waals surface area contributed by atoms with Crippen LogP contribution in [0.25, 0.3) is 0 Å². The van der Waals surface area contributed by atoms with Gasteiger partial charge in [-0.15, -0.1) is 11.3 Å². The van der Waals surface area contributed by atoms with E-state index in [9.17, 15) is 13.2 Å². The van der Waals surface area contributed by atoms with Gasteiger partial charge in [0, 0.05) is 9.90 Å². The van der Waals surface area contributed by atoms with Crippen LogP contribution < -0.4 is 9.73 Å². The number of amides is 1. The van der Waals surface area contributed by atoms with Crippen molar-refractivity contribution in [2.24, 2.45) is 5.10 Å². The van der Waals surface area contributed by atoms with Gasteiger partial charge in [0.25, 0.3) is 5.91 Å². The number of carbonyl (C=O) groups excluding carboxylic acids is 1. The normalized spacial score (nSPS) is 11.7. The summed E-state index contributed by atoms with van der Waals surface area (Å²) in [7, 11) is -3.66. The fraction of sp³-hybridized carbons (Fsp3) is 0.250. The largest absolute Gasteiger partial charge is 0.271 e. The molecule has 0 unspecified atom stereocenters. The third-order valence-electron chi connectivity index (χ3n) is 3.47. The number of hydrogen-bond acceptors (Lipinski definition) is 5. The molecule has 0 fully saturated rings. The minimum atomic E-state index is -3.66. The standard InChI is InChI=1S/C16H18ClN3O3S2/c1-11-7-8-24-15(11)9-18-19-16(21)10-20(25(3,22)23)14-6-4-5-13(17)12(14)2/h4-9H,10H2,1-3H3,(H,19,21)/b18-9-. The molecule has 25 heavy (non-hydrogen) atoms. The maximum absolute atomic E-state index is 12.1. The van der Waals surface area contributed by atoms with Crippen molar-refractivity contribution in [3.8, 4) is 0 Å². The number of halogens is 1. The molecule has 0 saturated heterocycles. The second-order valence-corrected chi connectivity index (χ2v) is 8.68. The molecule has 0 radical (unpaired) electrons. The zero-order valence-electron chi connectivity index (χ0n) is 14.0. The average Bonchev–Trinajstić information content (AvgIpc) is 2.92. The number of nitrogens with zero attached hydrogens (tertiary/aromatic N) is 2. The number of aryl methyl sites for hydroxylation is 1. The summed E-state index contributed by atoms with van der Waals surface area (Å²) < 4.78 is 25.2. The minimum absolute atomic E-state index is 0.364. The summed E-state index contributed by atoms with van der Waals surface area (Å²) in [5.74, 6) is -0.546. The van der Waals surface area contributed by atoms with Crippen LogP contribution in [-0.2, 0) is 14.8 Å². The van der Waals surface area contributed by atoms with Crippen molar-refractivity contribution >= 4 is 50.8 Å². The van der Waals surface area contributed by atoms with Crippen LogP contribution in [0.4, 0.5) is 5.69 Å². The van der Waals surface area contributed by atoms with E-state index >= 15 is 0 Å². The zero-order valence-corrected chi connectivity index (χ0v) is 16.4. The summed E-state index contributed by atoms with van der Waals surface area (Å²) >= 11 is 7.55. The first-order chi connectivity index (χ1) is 11.7. The van der Waals surface area contributed by atoms with E-state index in [1.807, 2.05) is 18.4 Å². The maximum Gasteiger partial charge on any atom is 0.260 e. The van der Waals surface area contributed by atoms with Gasteiger partial charge in [0.2, 0.25) is 10.0 Å². The van der Waals surface area contributed by atoms with Gasteiger partial charge in [-0.05, 0) is 48.6 Å². The fourth-order valence-electron chi connectivity index (χ4n) is 2.09. The number of nitrogens with one attached hydrogen (secondary N) is 1. The van der Waals surface area contributed by atoms with Crippen LogP contribution in [0.1, 0.15) is 16.0 Å². The highest BCUT2D eigenvalue weighted by Crippen LogP contribution is 2.27. The van der Waals surface area contributed by atoms with Gasteiger partial charge in [0.1, 0.15) is 6.54 Å². The van der Waals surface area contributed by atoms with Gasteiger partial charge >= 0.3 is 0 Å². The molecule has 1 heterocycles. The van der Waals surface area contributed by atoms with Gasteiger partial charge in [-0.3, -0.25) is 9.10 Å². The van der Waals surface area contributed by atoms with E-state index in [0.717, 1.165) is 21.0 Å². The first-order valence-electron chi connectivity index (χ1n) is 7.29. The summed E-state index contributed by atoms with van der Waals surface area (Å²) in [6, 6.07) is 6.85. The number of benzene rings is 1. The number of rotatable bonds is 6. The molecule has 0 aliphatic carbocycles. The third-order valence-corrected chi connectivity index (χ3v) is 5.96. The lowest BCUT2D eigenvalue weighted by molar-refractivity contribution is -0.119. The molecule has 134 valence electrons. The van der Waals surface area contributed by atoms with Crippen LogP contribution in [0.3, 0.4) is 0 Å². The van der Waals surface area contributed by atoms with Crippen LogP contribution in [0.5, 0.6) is 0 Å². The highest BCUT2D eigenvalue weighted by Gasteiger charge is 2.22. The van der Waals surface area contributed by atoms with Crippen molar-refractivity contribution in [2.45, 2.75) is 13.8 Å². The molecule has 2 rings (SSSR count). The SMILES string of the molecule is Cc1ccsc1/C=N\NC(=O)CN(c1cccc(Cl)c1C)S(C)(=O)=O. The van der Waals surface area contributed by atoms with Crippen LogP contribution in [0.2, 0.25) is 5.02 Å². The van der Waals surface area contributed by atoms with Gasteiger partial charge in [-0.25, -0.2) is 13.8 Å². The molecule has 0 bridgehead atoms. The Morgan fingerprint density at radius 3 is 2.68 bits per heavy atom. The Balaban J connectivity index is 2.15. The Kier molecular flexibility index (Phi) is 6.21. The molecule has 1 aromatic heterocycles. The molecule has 0 aliphatic heterocycles. The van der Waals surface area contributed by atoms with Crippen molar-refractivity contribution in [2.75, 3.05) is 17.1 Å². The first-order valence-corrected chi connectivity index (χ1v) is 10.4. The average molecular weight is 400 g/mol. The van der Waals surface area contributed by atoms with E-state index < -0.39 is 15.9 Å². The predicted octanol–water partition coefficient (Wildman–Crippen LogP) is 2.93. The Hall–Kier alpha value is -1.90. The number of thiophene rings is 1. The summed E-state index contributed by atoms with van der Waals surface area (Å²) in [5, 5.41) is 6.23. The van der Waals surface area contributed by atoms with Crippen molar-refractivity contribution in [3.63, 3.8) is 0 Å². The summed E-state index contributed by atoms with van der Waals surface area (Å²) in [5.41, 5.74) is 4.35. The zero-order chi connectivity index (χ0) is 18.6. The lowest BCUT2D eigenvalue weighted by Gasteiger charge is -2.23. The maximum atomic E-state index is 12.1. The lowest BCUT2D eigenvalue weighted by Crippen LogP contribution is -2.39. The summed E-state index contributed by atoms with van der Waals surface area (Å²) in [4.78, 5) is 13.0. The van der Waals surface area contributed by atoms with E-state index in [-0.39, 0.29) is 6.54 Å². The molecule has 0 saturated carbocycles. The van der Waals surface area contributed by atoms with Crippen LogP contribution in [-0.4, -0.2) is 33.3 Å². The van der Waals surface area contributed by atoms with Gasteiger partial charge in [0.15, 0.2) is 0 Å². The minimum Gasteiger partial charge on any atom is -0.271 e. The topological polar surface area (TPSA) is 78.8 Å².